The van der Waals surface area contributed by atoms with Crippen LogP contribution < -0.4 is 16.0 Å². The van der Waals surface area contributed by atoms with Gasteiger partial charge in [0.2, 0.25) is 0 Å². The highest BCUT2D eigenvalue weighted by Gasteiger charge is 2.37. The van der Waals surface area contributed by atoms with Crippen LogP contribution in [0.5, 0.6) is 0 Å². The minimum Gasteiger partial charge on any atom is -0.450 e. The zero-order chi connectivity index (χ0) is 29.9. The second-order valence-corrected chi connectivity index (χ2v) is 16.9. The van der Waals surface area contributed by atoms with Crippen molar-refractivity contribution >= 4 is 31.7 Å². The van der Waals surface area contributed by atoms with Gasteiger partial charge < -0.3 is 25.1 Å². The van der Waals surface area contributed by atoms with Crippen LogP contribution in [0.1, 0.15) is 56.5 Å². The minimum atomic E-state index is -1.97. The summed E-state index contributed by atoms with van der Waals surface area (Å²) >= 11 is 5.93. The second kappa shape index (κ2) is 15.1. The lowest BCUT2D eigenvalue weighted by Gasteiger charge is -2.38. The Morgan fingerprint density at radius 2 is 1.29 bits per heavy atom. The number of benzene rings is 3. The summed E-state index contributed by atoms with van der Waals surface area (Å²) in [7, 11) is -1.97. The number of hydrogen-bond donors (Lipinski definition) is 3. The van der Waals surface area contributed by atoms with E-state index in [1.807, 2.05) is 66.7 Å². The molecule has 0 heterocycles. The topological polar surface area (TPSA) is 71.6 Å². The van der Waals surface area contributed by atoms with Crippen LogP contribution in [0.15, 0.2) is 91.0 Å². The Labute approximate surface area is 252 Å². The third-order valence-corrected chi connectivity index (χ3v) is 12.3. The second-order valence-electron chi connectivity index (χ2n) is 11.7. The molecule has 1 amide bonds. The van der Waals surface area contributed by atoms with Gasteiger partial charge in [-0.25, -0.2) is 4.79 Å². The van der Waals surface area contributed by atoms with Gasteiger partial charge >= 0.3 is 6.09 Å². The van der Waals surface area contributed by atoms with Gasteiger partial charge in [-0.2, -0.15) is 0 Å². The van der Waals surface area contributed by atoms with Gasteiger partial charge in [-0.1, -0.05) is 112 Å². The molecule has 0 bridgehead atoms. The molecule has 0 unspecified atom stereocenters. The number of alkyl carbamates (subject to hydrolysis) is 1. The van der Waals surface area contributed by atoms with Crippen LogP contribution in [-0.4, -0.2) is 38.8 Å². The first-order valence-corrected chi connectivity index (χ1v) is 17.6. The first-order chi connectivity index (χ1) is 19.5. The van der Waals surface area contributed by atoms with Gasteiger partial charge in [0, 0.05) is 0 Å². The highest BCUT2D eigenvalue weighted by atomic mass is 32.1. The maximum Gasteiger partial charge on any atom is 0.407 e. The molecule has 3 aromatic rings. The van der Waals surface area contributed by atoms with E-state index in [1.165, 1.54) is 5.56 Å². The highest BCUT2D eigenvalue weighted by Crippen LogP contribution is 2.36. The first-order valence-electron chi connectivity index (χ1n) is 14.3. The van der Waals surface area contributed by atoms with Crippen LogP contribution in [0, 0.1) is 0 Å². The zero-order valence-corrected chi connectivity index (χ0v) is 27.0. The van der Waals surface area contributed by atoms with E-state index < -0.39 is 20.5 Å². The largest absolute Gasteiger partial charge is 0.450 e. The molecule has 41 heavy (non-hydrogen) atoms. The number of carbonyl (C=O) groups excluding carboxylic acids is 1. The molecule has 3 rings (SSSR count). The third kappa shape index (κ3) is 9.99. The van der Waals surface area contributed by atoms with E-state index in [1.54, 1.807) is 6.92 Å². The number of amides is 1. The lowest BCUT2D eigenvalue weighted by atomic mass is 9.93. The summed E-state index contributed by atoms with van der Waals surface area (Å²) < 4.78 is 11.9. The first kappa shape index (κ1) is 32.3. The molecular weight excluding hydrogens is 547 g/mol. The van der Waals surface area contributed by atoms with Gasteiger partial charge in [0.1, 0.15) is 0 Å². The van der Waals surface area contributed by atoms with E-state index in [9.17, 15) is 4.79 Å². The average molecular weight is 592 g/mol. The van der Waals surface area contributed by atoms with Crippen LogP contribution >= 0.6 is 12.2 Å². The fourth-order valence-electron chi connectivity index (χ4n) is 4.28. The van der Waals surface area contributed by atoms with Gasteiger partial charge in [-0.3, -0.25) is 0 Å². The Hall–Kier alpha value is -3.20. The van der Waals surface area contributed by atoms with Crippen molar-refractivity contribution in [2.24, 2.45) is 0 Å². The predicted octanol–water partition coefficient (Wildman–Crippen LogP) is 7.31. The van der Waals surface area contributed by atoms with E-state index in [4.69, 9.17) is 21.4 Å². The van der Waals surface area contributed by atoms with E-state index in [0.29, 0.717) is 11.7 Å². The molecule has 0 radical (unpaired) electrons. The van der Waals surface area contributed by atoms with Gasteiger partial charge in [0.25, 0.3) is 0 Å². The average Bonchev–Trinajstić information content (AvgIpc) is 2.95. The maximum atomic E-state index is 12.7. The number of carbonyl (C=O) groups is 1. The molecule has 3 atom stereocenters. The molecule has 3 N–H and O–H groups in total. The molecule has 0 aliphatic carbocycles. The van der Waals surface area contributed by atoms with Gasteiger partial charge in [0.05, 0.1) is 31.3 Å². The summed E-state index contributed by atoms with van der Waals surface area (Å²) in [4.78, 5) is 12.7. The van der Waals surface area contributed by atoms with Crippen LogP contribution in [0.3, 0.4) is 0 Å². The standard InChI is InChI=1S/C33H45N3O3SSi/c1-7-38-32(37)36-30(27-21-15-10-16-22-27)29(26-19-13-9-14-20-26)35-31(40)34-28(23-25-17-11-8-12-18-25)24-39-41(5,6)33(2,3)4/h8-22,28-30H,7,23-24H2,1-6H3,(H,36,37)(H2,34,35,40)/t28-,29-,30-/m0/s1. The zero-order valence-electron chi connectivity index (χ0n) is 25.1. The fraction of sp³-hybridized carbons (Fsp3) is 0.394. The Kier molecular flexibility index (Phi) is 11.9. The summed E-state index contributed by atoms with van der Waals surface area (Å²) in [5, 5.41) is 10.7. The third-order valence-electron chi connectivity index (χ3n) is 7.60. The molecule has 8 heteroatoms. The van der Waals surface area contributed by atoms with E-state index in [-0.39, 0.29) is 23.7 Å². The van der Waals surface area contributed by atoms with Crippen LogP contribution in [0.25, 0.3) is 0 Å². The van der Waals surface area contributed by atoms with Crippen molar-refractivity contribution in [1.29, 1.82) is 0 Å². The molecule has 3 aromatic carbocycles. The molecule has 0 saturated carbocycles. The SMILES string of the molecule is CCOC(=O)N[C@@H](c1ccccc1)[C@@H](NC(=S)N[C@H](CO[Si](C)(C)C(C)(C)C)Cc1ccccc1)c1ccccc1. The predicted molar refractivity (Wildman–Crippen MR) is 174 cm³/mol. The van der Waals surface area contributed by atoms with Crippen molar-refractivity contribution in [3.63, 3.8) is 0 Å². The van der Waals surface area contributed by atoms with E-state index in [0.717, 1.165) is 17.5 Å². The van der Waals surface area contributed by atoms with Crippen LogP contribution in [-0.2, 0) is 15.6 Å². The number of thiocarbonyl (C=S) groups is 1. The Balaban J connectivity index is 1.88. The van der Waals surface area contributed by atoms with Crippen molar-refractivity contribution in [3.8, 4) is 0 Å². The lowest BCUT2D eigenvalue weighted by molar-refractivity contribution is 0.145. The summed E-state index contributed by atoms with van der Waals surface area (Å²) in [6, 6.07) is 29.4. The Bertz CT molecular complexity index is 1220. The lowest BCUT2D eigenvalue weighted by Crippen LogP contribution is -2.51. The van der Waals surface area contributed by atoms with Crippen LogP contribution in [0.4, 0.5) is 4.79 Å². The molecule has 0 aromatic heterocycles. The van der Waals surface area contributed by atoms with Gasteiger partial charge in [-0.05, 0) is 60.4 Å². The van der Waals surface area contributed by atoms with Crippen molar-refractivity contribution < 1.29 is 14.0 Å². The molecule has 0 aliphatic heterocycles. The van der Waals surface area contributed by atoms with Crippen molar-refractivity contribution in [3.05, 3.63) is 108 Å². The van der Waals surface area contributed by atoms with Gasteiger partial charge in [-0.15, -0.1) is 0 Å². The van der Waals surface area contributed by atoms with Crippen molar-refractivity contribution in [2.45, 2.75) is 70.4 Å². The normalized spacial score (nSPS) is 13.9. The molecule has 220 valence electrons. The summed E-state index contributed by atoms with van der Waals surface area (Å²) in [6.07, 6.45) is 0.281. The molecule has 0 aliphatic rings. The number of rotatable bonds is 12. The maximum absolute atomic E-state index is 12.7. The molecule has 0 spiro atoms. The molecule has 6 nitrogen and oxygen atoms in total. The number of hydrogen-bond acceptors (Lipinski definition) is 4. The molecular formula is C33H45N3O3SSi. The fourth-order valence-corrected chi connectivity index (χ4v) is 5.63. The van der Waals surface area contributed by atoms with Crippen LogP contribution in [0.2, 0.25) is 18.1 Å². The molecule has 0 saturated heterocycles. The quantitative estimate of drug-likeness (QED) is 0.152. The Morgan fingerprint density at radius 1 is 0.805 bits per heavy atom. The van der Waals surface area contributed by atoms with Gasteiger partial charge in [0.15, 0.2) is 13.4 Å². The minimum absolute atomic E-state index is 0.0452. The molecule has 0 fully saturated rings. The summed E-state index contributed by atoms with van der Waals surface area (Å²) in [5.74, 6) is 0. The number of ether oxygens (including phenoxy) is 1. The van der Waals surface area contributed by atoms with E-state index in [2.05, 4.69) is 74.1 Å². The number of nitrogens with one attached hydrogen (secondary N) is 3. The van der Waals surface area contributed by atoms with E-state index >= 15 is 0 Å². The summed E-state index contributed by atoms with van der Waals surface area (Å²) in [5.41, 5.74) is 3.13. The van der Waals surface area contributed by atoms with Crippen molar-refractivity contribution in [2.75, 3.05) is 13.2 Å². The Morgan fingerprint density at radius 3 is 1.78 bits per heavy atom. The monoisotopic (exact) mass is 591 g/mol. The summed E-state index contributed by atoms with van der Waals surface area (Å²) in [6.45, 7) is 13.9. The van der Waals surface area contributed by atoms with Crippen molar-refractivity contribution in [1.82, 2.24) is 16.0 Å². The smallest absolute Gasteiger partial charge is 0.407 e. The highest BCUT2D eigenvalue weighted by molar-refractivity contribution is 7.80.